The van der Waals surface area contributed by atoms with E-state index in [4.69, 9.17) is 0 Å². The van der Waals surface area contributed by atoms with Crippen molar-refractivity contribution in [3.8, 4) is 16.9 Å². The summed E-state index contributed by atoms with van der Waals surface area (Å²) < 4.78 is 13.9. The van der Waals surface area contributed by atoms with Gasteiger partial charge in [-0.15, -0.1) is 0 Å². The predicted octanol–water partition coefficient (Wildman–Crippen LogP) is 4.01. The Morgan fingerprint density at radius 2 is 1.65 bits per heavy atom. The van der Waals surface area contributed by atoms with Gasteiger partial charge in [-0.1, -0.05) is 75.4 Å². The minimum atomic E-state index is -1.21. The molecular weight excluding hydrogens is 429 g/mol. The van der Waals surface area contributed by atoms with Crippen LogP contribution >= 0.6 is 0 Å². The Morgan fingerprint density at radius 3 is 2.18 bits per heavy atom. The first-order valence-corrected chi connectivity index (χ1v) is 11.8. The van der Waals surface area contributed by atoms with Gasteiger partial charge in [0, 0.05) is 23.4 Å². The number of quaternary nitrogens is 1. The van der Waals surface area contributed by atoms with Crippen LogP contribution in [0.2, 0.25) is 0 Å². The van der Waals surface area contributed by atoms with E-state index < -0.39 is 17.7 Å². The minimum Gasteiger partial charge on any atom is -0.550 e. The smallest absolute Gasteiger partial charge is 0.131 e. The molecule has 0 radical (unpaired) electrons. The fraction of sp³-hybridized carbons (Fsp3) is 0.345. The summed E-state index contributed by atoms with van der Waals surface area (Å²) in [6, 6.07) is 21.3. The summed E-state index contributed by atoms with van der Waals surface area (Å²) in [4.78, 5) is 12.2. The number of phenolic OH excluding ortho intramolecular Hbond substituents is 1. The van der Waals surface area contributed by atoms with Crippen LogP contribution in [0.15, 0.2) is 72.8 Å². The van der Waals surface area contributed by atoms with Crippen molar-refractivity contribution in [2.24, 2.45) is 5.92 Å². The molecule has 0 spiro atoms. The van der Waals surface area contributed by atoms with Crippen LogP contribution in [0.1, 0.15) is 50.2 Å². The van der Waals surface area contributed by atoms with Crippen LogP contribution in [-0.2, 0) is 4.79 Å². The van der Waals surface area contributed by atoms with Crippen LogP contribution in [0.5, 0.6) is 5.75 Å². The van der Waals surface area contributed by atoms with E-state index in [1.807, 2.05) is 30.3 Å². The van der Waals surface area contributed by atoms with Gasteiger partial charge in [0.15, 0.2) is 0 Å². The van der Waals surface area contributed by atoms with E-state index >= 15 is 0 Å². The van der Waals surface area contributed by atoms with Crippen LogP contribution in [0.25, 0.3) is 11.1 Å². The van der Waals surface area contributed by atoms with Crippen LogP contribution in [-0.4, -0.2) is 31.7 Å². The largest absolute Gasteiger partial charge is 0.550 e. The Hall–Kier alpha value is -3.18. The molecule has 182 valence electrons. The molecule has 4 nitrogen and oxygen atoms in total. The second kappa shape index (κ2) is 12.9. The highest BCUT2D eigenvalue weighted by atomic mass is 19.1. The van der Waals surface area contributed by atoms with Crippen molar-refractivity contribution in [1.82, 2.24) is 0 Å². The molecule has 0 bridgehead atoms. The van der Waals surface area contributed by atoms with Crippen LogP contribution in [0, 0.1) is 11.7 Å². The van der Waals surface area contributed by atoms with Gasteiger partial charge in [0.05, 0.1) is 20.6 Å². The Morgan fingerprint density at radius 1 is 0.971 bits per heavy atom. The zero-order valence-electron chi connectivity index (χ0n) is 20.7. The number of aromatic hydroxyl groups is 1. The molecule has 0 saturated heterocycles. The van der Waals surface area contributed by atoms with Crippen molar-refractivity contribution in [2.45, 2.75) is 39.0 Å². The number of carboxylic acid groups (broad SMARTS) is 1. The minimum absolute atomic E-state index is 0.375. The summed E-state index contributed by atoms with van der Waals surface area (Å²) in [5.41, 5.74) is 2.90. The first kappa shape index (κ1) is 27.1. The van der Waals surface area contributed by atoms with Gasteiger partial charge in [0.1, 0.15) is 11.6 Å². The number of carbonyl (C=O) groups excluding carboxylic acids is 1. The van der Waals surface area contributed by atoms with Gasteiger partial charge in [0.2, 0.25) is 0 Å². The highest BCUT2D eigenvalue weighted by molar-refractivity contribution is 5.74. The third kappa shape index (κ3) is 7.70. The SMILES string of the molecule is CC(C(=O)[O-])c1ccc(-c2ccccc2)c(F)c1.CC[C@@H](c1cccc(O)c1)[C@@H](C)C[NH+](C)C. The second-order valence-electron chi connectivity index (χ2n) is 9.14. The summed E-state index contributed by atoms with van der Waals surface area (Å²) >= 11 is 0. The van der Waals surface area contributed by atoms with Crippen LogP contribution in [0.3, 0.4) is 0 Å². The standard InChI is InChI=1S/C15H13FO2.C14H23NO/c1-10(15(17)18)12-7-8-13(14(16)9-12)11-5-3-2-4-6-11;1-5-14(11(2)10-15(3)4)12-7-6-8-13(16)9-12/h2-10H,1H3,(H,17,18);6-9,11,14,16H,5,10H2,1-4H3/t;11-,14+/m.0/s1. The number of nitrogens with one attached hydrogen (secondary N) is 1. The van der Waals surface area contributed by atoms with E-state index in [9.17, 15) is 19.4 Å². The van der Waals surface area contributed by atoms with Gasteiger partial charge >= 0.3 is 0 Å². The number of carbonyl (C=O) groups is 1. The lowest BCUT2D eigenvalue weighted by atomic mass is 9.85. The topological polar surface area (TPSA) is 64.8 Å². The van der Waals surface area contributed by atoms with Crippen LogP contribution < -0.4 is 10.0 Å². The van der Waals surface area contributed by atoms with Gasteiger partial charge in [-0.3, -0.25) is 0 Å². The second-order valence-corrected chi connectivity index (χ2v) is 9.14. The first-order chi connectivity index (χ1) is 16.1. The van der Waals surface area contributed by atoms with Crippen molar-refractivity contribution >= 4 is 5.97 Å². The van der Waals surface area contributed by atoms with Gasteiger partial charge < -0.3 is 19.9 Å². The molecule has 0 heterocycles. The summed E-state index contributed by atoms with van der Waals surface area (Å²) in [7, 11) is 4.37. The first-order valence-electron chi connectivity index (χ1n) is 11.8. The number of carboxylic acids is 1. The molecule has 0 saturated carbocycles. The summed E-state index contributed by atoms with van der Waals surface area (Å²) in [5.74, 6) is -0.892. The summed E-state index contributed by atoms with van der Waals surface area (Å²) in [6.07, 6.45) is 1.12. The Bertz CT molecular complexity index is 1050. The van der Waals surface area contributed by atoms with Crippen LogP contribution in [0.4, 0.5) is 4.39 Å². The molecule has 3 rings (SSSR count). The molecule has 0 aromatic heterocycles. The third-order valence-corrected chi connectivity index (χ3v) is 6.09. The van der Waals surface area contributed by atoms with Crippen molar-refractivity contribution in [2.75, 3.05) is 20.6 Å². The number of phenols is 1. The number of halogens is 1. The molecule has 3 aromatic rings. The van der Waals surface area contributed by atoms with E-state index in [0.29, 0.717) is 28.7 Å². The van der Waals surface area contributed by atoms with Crippen molar-refractivity contribution < 1.29 is 24.3 Å². The van der Waals surface area contributed by atoms with E-state index in [0.717, 1.165) is 18.5 Å². The fourth-order valence-electron chi connectivity index (χ4n) is 4.30. The molecule has 3 atom stereocenters. The number of hydrogen-bond donors (Lipinski definition) is 2. The molecule has 0 aliphatic carbocycles. The molecule has 3 aromatic carbocycles. The highest BCUT2D eigenvalue weighted by Crippen LogP contribution is 2.29. The third-order valence-electron chi connectivity index (χ3n) is 6.09. The average molecular weight is 466 g/mol. The number of rotatable bonds is 8. The number of hydrogen-bond acceptors (Lipinski definition) is 3. The monoisotopic (exact) mass is 465 g/mol. The maximum atomic E-state index is 13.9. The molecule has 5 heteroatoms. The molecule has 0 aliphatic rings. The normalized spacial score (nSPS) is 13.5. The molecule has 0 fully saturated rings. The Labute approximate surface area is 202 Å². The predicted molar refractivity (Wildman–Crippen MR) is 133 cm³/mol. The Balaban J connectivity index is 0.000000242. The highest BCUT2D eigenvalue weighted by Gasteiger charge is 2.20. The van der Waals surface area contributed by atoms with Gasteiger partial charge in [-0.05, 0) is 47.2 Å². The van der Waals surface area contributed by atoms with E-state index in [1.165, 1.54) is 23.5 Å². The lowest BCUT2D eigenvalue weighted by Crippen LogP contribution is -3.06. The summed E-state index contributed by atoms with van der Waals surface area (Å²) in [5, 5.41) is 20.2. The lowest BCUT2D eigenvalue weighted by Gasteiger charge is -2.24. The van der Waals surface area contributed by atoms with Gasteiger partial charge in [0.25, 0.3) is 0 Å². The van der Waals surface area contributed by atoms with E-state index in [2.05, 4.69) is 34.0 Å². The zero-order chi connectivity index (χ0) is 25.3. The van der Waals surface area contributed by atoms with Gasteiger partial charge in [-0.2, -0.15) is 0 Å². The summed E-state index contributed by atoms with van der Waals surface area (Å²) in [6.45, 7) is 7.15. The molecular formula is C29H36FNO3. The van der Waals surface area contributed by atoms with Crippen molar-refractivity contribution in [3.05, 3.63) is 89.7 Å². The van der Waals surface area contributed by atoms with Crippen molar-refractivity contribution in [1.29, 1.82) is 0 Å². The van der Waals surface area contributed by atoms with E-state index in [-0.39, 0.29) is 0 Å². The maximum Gasteiger partial charge on any atom is 0.131 e. The lowest BCUT2D eigenvalue weighted by molar-refractivity contribution is -0.862. The zero-order valence-corrected chi connectivity index (χ0v) is 20.7. The molecule has 34 heavy (non-hydrogen) atoms. The molecule has 0 amide bonds. The average Bonchev–Trinajstić information content (AvgIpc) is 2.79. The van der Waals surface area contributed by atoms with E-state index in [1.54, 1.807) is 30.3 Å². The molecule has 2 N–H and O–H groups in total. The maximum absolute atomic E-state index is 13.9. The fourth-order valence-corrected chi connectivity index (χ4v) is 4.30. The molecule has 0 aliphatic heterocycles. The molecule has 1 unspecified atom stereocenters. The Kier molecular flexibility index (Phi) is 10.3. The number of benzene rings is 3. The number of aliphatic carboxylic acids is 1. The van der Waals surface area contributed by atoms with Gasteiger partial charge in [-0.25, -0.2) is 4.39 Å². The van der Waals surface area contributed by atoms with Crippen molar-refractivity contribution in [3.63, 3.8) is 0 Å². The quantitative estimate of drug-likeness (QED) is 0.528.